The van der Waals surface area contributed by atoms with Gasteiger partial charge in [0.1, 0.15) is 0 Å². The molecule has 0 saturated carbocycles. The van der Waals surface area contributed by atoms with Crippen LogP contribution in [0.1, 0.15) is 12.6 Å². The lowest BCUT2D eigenvalue weighted by Gasteiger charge is -2.07. The molecule has 1 aromatic heterocycles. The molecule has 0 fully saturated rings. The molecule has 1 aromatic rings. The molecule has 16 heavy (non-hydrogen) atoms. The second-order valence-electron chi connectivity index (χ2n) is 3.15. The van der Waals surface area contributed by atoms with Crippen LogP contribution in [0.2, 0.25) is 0 Å². The maximum absolute atomic E-state index is 11.5. The van der Waals surface area contributed by atoms with E-state index in [0.717, 1.165) is 5.69 Å². The van der Waals surface area contributed by atoms with E-state index in [9.17, 15) is 9.59 Å². The Kier molecular flexibility index (Phi) is 4.54. The zero-order valence-corrected chi connectivity index (χ0v) is 10.3. The van der Waals surface area contributed by atoms with Crippen molar-refractivity contribution >= 4 is 17.7 Å². The number of ether oxygens (including phenoxy) is 1. The number of rotatable bonds is 4. The second kappa shape index (κ2) is 5.69. The number of esters is 1. The maximum Gasteiger partial charge on any atom is 0.316 e. The molecule has 0 spiro atoms. The van der Waals surface area contributed by atoms with E-state index in [4.69, 9.17) is 0 Å². The van der Waals surface area contributed by atoms with Crippen LogP contribution in [-0.4, -0.2) is 28.4 Å². The van der Waals surface area contributed by atoms with Crippen molar-refractivity contribution in [3.63, 3.8) is 0 Å². The third-order valence-electron chi connectivity index (χ3n) is 2.06. The fourth-order valence-corrected chi connectivity index (χ4v) is 1.89. The number of thioether (sulfide) groups is 1. The average Bonchev–Trinajstić information content (AvgIpc) is 2.30. The van der Waals surface area contributed by atoms with Crippen molar-refractivity contribution in [2.75, 3.05) is 12.9 Å². The standard InChI is InChI=1S/C10H14N2O3S/c1-4-7-5-8(13)12(2)10(11-7)16-6-9(14)15-3/h5H,4,6H2,1-3H3. The summed E-state index contributed by atoms with van der Waals surface area (Å²) in [4.78, 5) is 26.8. The van der Waals surface area contributed by atoms with Crippen LogP contribution in [-0.2, 0) is 23.0 Å². The Balaban J connectivity index is 2.90. The Morgan fingerprint density at radius 1 is 1.62 bits per heavy atom. The Bertz CT molecular complexity index is 442. The number of carbonyl (C=O) groups is 1. The summed E-state index contributed by atoms with van der Waals surface area (Å²) in [5.74, 6) is -0.176. The van der Waals surface area contributed by atoms with Crippen molar-refractivity contribution in [1.82, 2.24) is 9.55 Å². The Morgan fingerprint density at radius 2 is 2.31 bits per heavy atom. The molecule has 0 amide bonds. The van der Waals surface area contributed by atoms with E-state index in [1.54, 1.807) is 7.05 Å². The third kappa shape index (κ3) is 3.10. The lowest BCUT2D eigenvalue weighted by Crippen LogP contribution is -2.20. The van der Waals surface area contributed by atoms with Gasteiger partial charge in [0.15, 0.2) is 5.16 Å². The minimum atomic E-state index is -0.332. The topological polar surface area (TPSA) is 61.2 Å². The van der Waals surface area contributed by atoms with Gasteiger partial charge in [-0.05, 0) is 6.42 Å². The Hall–Kier alpha value is -1.30. The number of nitrogens with zero attached hydrogens (tertiary/aromatic N) is 2. The molecular formula is C10H14N2O3S. The van der Waals surface area contributed by atoms with Crippen LogP contribution in [0.25, 0.3) is 0 Å². The van der Waals surface area contributed by atoms with Crippen molar-refractivity contribution < 1.29 is 9.53 Å². The number of aryl methyl sites for hydroxylation is 1. The molecule has 5 nitrogen and oxygen atoms in total. The zero-order valence-electron chi connectivity index (χ0n) is 9.52. The molecule has 0 N–H and O–H groups in total. The first-order valence-electron chi connectivity index (χ1n) is 4.85. The fourth-order valence-electron chi connectivity index (χ4n) is 1.06. The summed E-state index contributed by atoms with van der Waals surface area (Å²) in [5.41, 5.74) is 0.620. The van der Waals surface area contributed by atoms with Crippen molar-refractivity contribution in [1.29, 1.82) is 0 Å². The van der Waals surface area contributed by atoms with Gasteiger partial charge in [0.25, 0.3) is 5.56 Å². The number of carbonyl (C=O) groups excluding carboxylic acids is 1. The summed E-state index contributed by atoms with van der Waals surface area (Å²) in [6.45, 7) is 1.93. The SMILES string of the molecule is CCc1cc(=O)n(C)c(SCC(=O)OC)n1. The first-order valence-corrected chi connectivity index (χ1v) is 5.83. The van der Waals surface area contributed by atoms with E-state index in [0.29, 0.717) is 11.6 Å². The number of aromatic nitrogens is 2. The molecule has 88 valence electrons. The number of hydrogen-bond acceptors (Lipinski definition) is 5. The van der Waals surface area contributed by atoms with E-state index in [1.165, 1.54) is 29.5 Å². The van der Waals surface area contributed by atoms with Gasteiger partial charge in [0.05, 0.1) is 12.9 Å². The molecule has 6 heteroatoms. The monoisotopic (exact) mass is 242 g/mol. The van der Waals surface area contributed by atoms with Gasteiger partial charge in [0, 0.05) is 18.8 Å². The predicted molar refractivity (Wildman–Crippen MR) is 61.6 cm³/mol. The van der Waals surface area contributed by atoms with Crippen LogP contribution in [0.4, 0.5) is 0 Å². The van der Waals surface area contributed by atoms with Crippen LogP contribution < -0.4 is 5.56 Å². The molecule has 1 heterocycles. The van der Waals surface area contributed by atoms with Gasteiger partial charge in [-0.15, -0.1) is 0 Å². The smallest absolute Gasteiger partial charge is 0.316 e. The fraction of sp³-hybridized carbons (Fsp3) is 0.500. The average molecular weight is 242 g/mol. The highest BCUT2D eigenvalue weighted by atomic mass is 32.2. The van der Waals surface area contributed by atoms with E-state index < -0.39 is 0 Å². The quantitative estimate of drug-likeness (QED) is 0.440. The van der Waals surface area contributed by atoms with E-state index >= 15 is 0 Å². The molecule has 0 bridgehead atoms. The summed E-state index contributed by atoms with van der Waals surface area (Å²) in [6, 6.07) is 1.50. The van der Waals surface area contributed by atoms with Crippen molar-refractivity contribution in [3.05, 3.63) is 22.1 Å². The van der Waals surface area contributed by atoms with Gasteiger partial charge < -0.3 is 4.74 Å². The molecule has 0 aromatic carbocycles. The minimum absolute atomic E-state index is 0.112. The first-order chi connectivity index (χ1) is 7.58. The van der Waals surface area contributed by atoms with Crippen molar-refractivity contribution in [3.8, 4) is 0 Å². The molecule has 0 aliphatic rings. The lowest BCUT2D eigenvalue weighted by atomic mass is 10.3. The summed E-state index contributed by atoms with van der Waals surface area (Å²) in [7, 11) is 2.96. The Labute approximate surface area is 97.8 Å². The molecule has 0 unspecified atom stereocenters. The third-order valence-corrected chi connectivity index (χ3v) is 3.06. The summed E-state index contributed by atoms with van der Waals surface area (Å²) < 4.78 is 5.95. The van der Waals surface area contributed by atoms with E-state index in [2.05, 4.69) is 9.72 Å². The first kappa shape index (κ1) is 12.8. The molecule has 1 rings (SSSR count). The van der Waals surface area contributed by atoms with Crippen LogP contribution in [0.3, 0.4) is 0 Å². The maximum atomic E-state index is 11.5. The minimum Gasteiger partial charge on any atom is -0.468 e. The molecule has 0 saturated heterocycles. The van der Waals surface area contributed by atoms with Crippen molar-refractivity contribution in [2.24, 2.45) is 7.05 Å². The van der Waals surface area contributed by atoms with Gasteiger partial charge in [0.2, 0.25) is 0 Å². The van der Waals surface area contributed by atoms with Crippen LogP contribution in [0, 0.1) is 0 Å². The van der Waals surface area contributed by atoms with E-state index in [1.807, 2.05) is 6.92 Å². The number of methoxy groups -OCH3 is 1. The highest BCUT2D eigenvalue weighted by molar-refractivity contribution is 7.99. The van der Waals surface area contributed by atoms with Crippen LogP contribution >= 0.6 is 11.8 Å². The highest BCUT2D eigenvalue weighted by Crippen LogP contribution is 2.13. The highest BCUT2D eigenvalue weighted by Gasteiger charge is 2.08. The van der Waals surface area contributed by atoms with E-state index in [-0.39, 0.29) is 17.3 Å². The largest absolute Gasteiger partial charge is 0.468 e. The lowest BCUT2D eigenvalue weighted by molar-refractivity contribution is -0.137. The summed E-state index contributed by atoms with van der Waals surface area (Å²) >= 11 is 1.20. The zero-order chi connectivity index (χ0) is 12.1. The van der Waals surface area contributed by atoms with Crippen LogP contribution in [0.15, 0.2) is 16.0 Å². The molecule has 0 radical (unpaired) electrons. The van der Waals surface area contributed by atoms with Gasteiger partial charge in [-0.3, -0.25) is 14.2 Å². The number of hydrogen-bond donors (Lipinski definition) is 0. The van der Waals surface area contributed by atoms with Gasteiger partial charge >= 0.3 is 5.97 Å². The van der Waals surface area contributed by atoms with Crippen molar-refractivity contribution in [2.45, 2.75) is 18.5 Å². The van der Waals surface area contributed by atoms with Gasteiger partial charge in [-0.1, -0.05) is 18.7 Å². The normalized spacial score (nSPS) is 10.2. The van der Waals surface area contributed by atoms with Crippen LogP contribution in [0.5, 0.6) is 0 Å². The predicted octanol–water partition coefficient (Wildman–Crippen LogP) is 0.608. The second-order valence-corrected chi connectivity index (χ2v) is 4.09. The summed E-state index contributed by atoms with van der Waals surface area (Å²) in [6.07, 6.45) is 0.696. The molecule has 0 aliphatic carbocycles. The van der Waals surface area contributed by atoms with Gasteiger partial charge in [-0.2, -0.15) is 0 Å². The summed E-state index contributed by atoms with van der Waals surface area (Å²) in [5, 5.41) is 0.537. The molecule has 0 aliphatic heterocycles. The molecule has 0 atom stereocenters. The Morgan fingerprint density at radius 3 is 2.88 bits per heavy atom. The molecular weight excluding hydrogens is 228 g/mol. The van der Waals surface area contributed by atoms with Gasteiger partial charge in [-0.25, -0.2) is 4.98 Å².